The highest BCUT2D eigenvalue weighted by molar-refractivity contribution is 8.40. The van der Waals surface area contributed by atoms with Gasteiger partial charge in [0.05, 0.1) is 12.5 Å². The molecule has 0 saturated carbocycles. The minimum Gasteiger partial charge on any atom is -0.287 e. The first kappa shape index (κ1) is 8.28. The molecule has 0 aromatic carbocycles. The molecule has 0 saturated heterocycles. The molecule has 0 fully saturated rings. The quantitative estimate of drug-likeness (QED) is 0.427. The highest BCUT2D eigenvalue weighted by atomic mass is 35.6. The highest BCUT2D eigenvalue weighted by Crippen LogP contribution is 2.25. The molecule has 0 aliphatic carbocycles. The van der Waals surface area contributed by atoms with E-state index >= 15 is 0 Å². The standard InChI is InChI=1S/C2H6BCl3S/c1-7(2)3(4,5)6/h1-2H3. The average Bonchev–Trinajstić information content (AvgIpc) is 1.31. The van der Waals surface area contributed by atoms with Gasteiger partial charge in [-0.15, -0.1) is 0 Å². The SMILES string of the molecule is C[S+](C)[B-](Cl)(Cl)Cl. The van der Waals surface area contributed by atoms with Crippen molar-refractivity contribution < 1.29 is 0 Å². The summed E-state index contributed by atoms with van der Waals surface area (Å²) in [7, 11) is -0.0741. The van der Waals surface area contributed by atoms with Crippen LogP contribution in [0.4, 0.5) is 0 Å². The van der Waals surface area contributed by atoms with Crippen molar-refractivity contribution in [1.29, 1.82) is 0 Å². The molecular weight excluding hydrogens is 173 g/mol. The fourth-order valence-electron chi connectivity index (χ4n) is 0. The number of hydrogen-bond acceptors (Lipinski definition) is 0. The topological polar surface area (TPSA) is 0 Å². The van der Waals surface area contributed by atoms with Crippen molar-refractivity contribution in [2.24, 2.45) is 0 Å². The van der Waals surface area contributed by atoms with Crippen LogP contribution in [0.1, 0.15) is 0 Å². The molecule has 0 radical (unpaired) electrons. The lowest BCUT2D eigenvalue weighted by Gasteiger charge is -2.13. The molecule has 7 heavy (non-hydrogen) atoms. The predicted molar refractivity (Wildman–Crippen MR) is 42.5 cm³/mol. The monoisotopic (exact) mass is 178 g/mol. The lowest BCUT2D eigenvalue weighted by molar-refractivity contribution is 2.32. The minimum absolute atomic E-state index is 0.0741. The summed E-state index contributed by atoms with van der Waals surface area (Å²) in [6.07, 6.45) is 3.82. The summed E-state index contributed by atoms with van der Waals surface area (Å²) in [5.41, 5.74) is 0. The third-order valence-corrected chi connectivity index (χ3v) is 4.81. The first-order valence-corrected chi connectivity index (χ1v) is 5.12. The number of hydrogen-bond donors (Lipinski definition) is 0. The van der Waals surface area contributed by atoms with Crippen molar-refractivity contribution >= 4 is 48.8 Å². The molecule has 0 aromatic rings. The van der Waals surface area contributed by atoms with Crippen LogP contribution in [0.25, 0.3) is 0 Å². The lowest BCUT2D eigenvalue weighted by Crippen LogP contribution is -2.22. The molecule has 0 heterocycles. The van der Waals surface area contributed by atoms with E-state index in [0.717, 1.165) is 0 Å². The van der Waals surface area contributed by atoms with Crippen LogP contribution in [-0.4, -0.2) is 16.2 Å². The van der Waals surface area contributed by atoms with Crippen molar-refractivity contribution in [3.63, 3.8) is 0 Å². The van der Waals surface area contributed by atoms with E-state index in [0.29, 0.717) is 0 Å². The summed E-state index contributed by atoms with van der Waals surface area (Å²) < 4.78 is -1.61. The summed E-state index contributed by atoms with van der Waals surface area (Å²) in [6.45, 7) is 0. The summed E-state index contributed by atoms with van der Waals surface area (Å²) in [4.78, 5) is 0. The van der Waals surface area contributed by atoms with Crippen LogP contribution >= 0.6 is 34.4 Å². The van der Waals surface area contributed by atoms with Crippen LogP contribution in [0.5, 0.6) is 0 Å². The van der Waals surface area contributed by atoms with Gasteiger partial charge in [0.15, 0.2) is 0 Å². The summed E-state index contributed by atoms with van der Waals surface area (Å²) in [5, 5.41) is 0. The van der Waals surface area contributed by atoms with Gasteiger partial charge in [0.2, 0.25) is 0 Å². The Bertz CT molecular complexity index is 58.4. The van der Waals surface area contributed by atoms with Crippen LogP contribution in [0, 0.1) is 0 Å². The molecule has 0 nitrogen and oxygen atoms in total. The third kappa shape index (κ3) is 3.83. The Kier molecular flexibility index (Phi) is 3.22. The van der Waals surface area contributed by atoms with Crippen LogP contribution in [0.3, 0.4) is 0 Å². The zero-order valence-corrected chi connectivity index (χ0v) is 7.20. The van der Waals surface area contributed by atoms with Crippen molar-refractivity contribution in [3.8, 4) is 0 Å². The van der Waals surface area contributed by atoms with Crippen LogP contribution < -0.4 is 0 Å². The van der Waals surface area contributed by atoms with Gasteiger partial charge in [-0.1, -0.05) is 0 Å². The van der Waals surface area contributed by atoms with E-state index in [1.54, 1.807) is 0 Å². The maximum atomic E-state index is 5.47. The average molecular weight is 179 g/mol. The van der Waals surface area contributed by atoms with Gasteiger partial charge < -0.3 is 0 Å². The Balaban J connectivity index is 3.54. The van der Waals surface area contributed by atoms with E-state index in [4.69, 9.17) is 34.4 Å². The van der Waals surface area contributed by atoms with Crippen LogP contribution in [-0.2, 0) is 10.7 Å². The Labute approximate surface area is 61.4 Å². The first-order chi connectivity index (χ1) is 2.94. The smallest absolute Gasteiger partial charge is 0.287 e. The van der Waals surface area contributed by atoms with Gasteiger partial charge in [-0.05, 0) is 0 Å². The van der Waals surface area contributed by atoms with E-state index in [9.17, 15) is 0 Å². The molecule has 0 aliphatic heterocycles. The minimum atomic E-state index is -1.61. The summed E-state index contributed by atoms with van der Waals surface area (Å²) in [6, 6.07) is 0. The van der Waals surface area contributed by atoms with Gasteiger partial charge in [0, 0.05) is 0 Å². The zero-order valence-electron chi connectivity index (χ0n) is 4.12. The molecule has 0 spiro atoms. The largest absolute Gasteiger partial charge is 0.470 e. The van der Waals surface area contributed by atoms with E-state index in [2.05, 4.69) is 0 Å². The molecule has 0 amide bonds. The van der Waals surface area contributed by atoms with E-state index in [1.807, 2.05) is 12.5 Å². The molecule has 0 N–H and O–H groups in total. The molecule has 0 bridgehead atoms. The third-order valence-electron chi connectivity index (χ3n) is 0.535. The van der Waals surface area contributed by atoms with Gasteiger partial charge in [0.25, 0.3) is 0 Å². The molecular formula is C2H6BCl3S. The molecule has 0 atom stereocenters. The van der Waals surface area contributed by atoms with Gasteiger partial charge in [-0.25, -0.2) is 0 Å². The van der Waals surface area contributed by atoms with E-state index < -0.39 is 3.67 Å². The second kappa shape index (κ2) is 2.72. The Morgan fingerprint density at radius 3 is 1.29 bits per heavy atom. The van der Waals surface area contributed by atoms with Gasteiger partial charge in [-0.2, -0.15) is 10.7 Å². The van der Waals surface area contributed by atoms with Crippen molar-refractivity contribution in [3.05, 3.63) is 0 Å². The van der Waals surface area contributed by atoms with E-state index in [-0.39, 0.29) is 10.7 Å². The lowest BCUT2D eigenvalue weighted by atomic mass is 10.6. The number of halogens is 3. The molecule has 0 unspecified atom stereocenters. The van der Waals surface area contributed by atoms with Gasteiger partial charge >= 0.3 is 3.67 Å². The highest BCUT2D eigenvalue weighted by Gasteiger charge is 2.28. The number of rotatable bonds is 1. The molecule has 0 aromatic heterocycles. The van der Waals surface area contributed by atoms with Gasteiger partial charge in [0.1, 0.15) is 0 Å². The normalized spacial score (nSPS) is 12.9. The summed E-state index contributed by atoms with van der Waals surface area (Å²) >= 11 is 16.4. The molecule has 0 rings (SSSR count). The van der Waals surface area contributed by atoms with Crippen LogP contribution in [0.2, 0.25) is 0 Å². The van der Waals surface area contributed by atoms with Gasteiger partial charge in [-0.3, -0.25) is 34.4 Å². The zero-order chi connectivity index (χ0) is 6.08. The second-order valence-electron chi connectivity index (χ2n) is 1.39. The fraction of sp³-hybridized carbons (Fsp3) is 1.00. The Morgan fingerprint density at radius 2 is 1.29 bits per heavy atom. The fourth-order valence-corrected chi connectivity index (χ4v) is 0. The Morgan fingerprint density at radius 1 is 1.14 bits per heavy atom. The molecule has 0 aliphatic rings. The van der Waals surface area contributed by atoms with E-state index in [1.165, 1.54) is 0 Å². The Hall–Kier alpha value is 1.28. The molecule has 44 valence electrons. The second-order valence-corrected chi connectivity index (χ2v) is 7.27. The predicted octanol–water partition coefficient (Wildman–Crippen LogP) is 2.02. The first-order valence-electron chi connectivity index (χ1n) is 1.71. The molecule has 5 heteroatoms. The van der Waals surface area contributed by atoms with Crippen molar-refractivity contribution in [1.82, 2.24) is 0 Å². The van der Waals surface area contributed by atoms with Crippen molar-refractivity contribution in [2.75, 3.05) is 12.5 Å². The van der Waals surface area contributed by atoms with Crippen LogP contribution in [0.15, 0.2) is 0 Å². The maximum Gasteiger partial charge on any atom is 0.470 e. The summed E-state index contributed by atoms with van der Waals surface area (Å²) in [5.74, 6) is 0. The van der Waals surface area contributed by atoms with Crippen molar-refractivity contribution in [2.45, 2.75) is 0 Å². The maximum absolute atomic E-state index is 5.47.